The summed E-state index contributed by atoms with van der Waals surface area (Å²) in [5.41, 5.74) is 3.12. The van der Waals surface area contributed by atoms with Crippen molar-refractivity contribution in [3.05, 3.63) is 59.7 Å². The van der Waals surface area contributed by atoms with Crippen molar-refractivity contribution < 1.29 is 10.2 Å². The minimum Gasteiger partial charge on any atom is -0.508 e. The van der Waals surface area contributed by atoms with Gasteiger partial charge in [0.15, 0.2) is 0 Å². The lowest BCUT2D eigenvalue weighted by atomic mass is 10.0. The number of nitrogens with zero attached hydrogens (tertiary/aromatic N) is 1. The van der Waals surface area contributed by atoms with E-state index in [9.17, 15) is 10.2 Å². The molecule has 2 aromatic carbocycles. The molecule has 3 nitrogen and oxygen atoms in total. The Morgan fingerprint density at radius 3 is 2.22 bits per heavy atom. The Hall–Kier alpha value is -2.29. The minimum atomic E-state index is 0.0841. The molecule has 2 rings (SSSR count). The van der Waals surface area contributed by atoms with Crippen molar-refractivity contribution in [1.82, 2.24) is 0 Å². The first-order valence-electron chi connectivity index (χ1n) is 10.3. The maximum atomic E-state index is 10.1. The summed E-state index contributed by atoms with van der Waals surface area (Å²) in [7, 11) is 0. The van der Waals surface area contributed by atoms with Crippen LogP contribution in [0.4, 0.5) is 0 Å². The topological polar surface area (TPSA) is 52.8 Å². The van der Waals surface area contributed by atoms with E-state index < -0.39 is 0 Å². The van der Waals surface area contributed by atoms with Gasteiger partial charge in [0, 0.05) is 31.2 Å². The first kappa shape index (κ1) is 21.0. The number of unbranched alkanes of at least 4 members (excludes halogenated alkanes) is 6. The van der Waals surface area contributed by atoms with Crippen LogP contribution in [0, 0.1) is 0 Å². The van der Waals surface area contributed by atoms with Gasteiger partial charge in [-0.15, -0.1) is 0 Å². The first-order chi connectivity index (χ1) is 13.2. The minimum absolute atomic E-state index is 0.0841. The second-order valence-electron chi connectivity index (χ2n) is 7.22. The summed E-state index contributed by atoms with van der Waals surface area (Å²) < 4.78 is 0. The Morgan fingerprint density at radius 2 is 1.52 bits per heavy atom. The standard InChI is InChI=1S/C24H33NO2/c1-2-3-4-5-6-7-11-16-25-22(17-20-12-9-8-10-13-20)18-21-14-15-23(26)19-24(21)27/h8-10,12-15,19,26-27H,2-7,11,16-18H2,1H3. The Balaban J connectivity index is 1.92. The molecule has 0 aromatic heterocycles. The van der Waals surface area contributed by atoms with Gasteiger partial charge in [-0.2, -0.15) is 0 Å². The fourth-order valence-corrected chi connectivity index (χ4v) is 3.23. The van der Waals surface area contributed by atoms with Gasteiger partial charge in [-0.05, 0) is 23.6 Å². The largest absolute Gasteiger partial charge is 0.508 e. The molecule has 0 aliphatic heterocycles. The first-order valence-corrected chi connectivity index (χ1v) is 10.3. The molecule has 0 saturated heterocycles. The molecule has 2 aromatic rings. The Labute approximate surface area is 163 Å². The van der Waals surface area contributed by atoms with Crippen molar-refractivity contribution in [3.8, 4) is 11.5 Å². The van der Waals surface area contributed by atoms with Gasteiger partial charge in [0.1, 0.15) is 11.5 Å². The van der Waals surface area contributed by atoms with Gasteiger partial charge >= 0.3 is 0 Å². The molecule has 0 unspecified atom stereocenters. The zero-order valence-corrected chi connectivity index (χ0v) is 16.5. The SMILES string of the molecule is CCCCCCCCCN=C(Cc1ccccc1)Cc1ccc(O)cc1O. The van der Waals surface area contributed by atoms with E-state index >= 15 is 0 Å². The van der Waals surface area contributed by atoms with Crippen LogP contribution in [0.15, 0.2) is 53.5 Å². The molecule has 27 heavy (non-hydrogen) atoms. The van der Waals surface area contributed by atoms with Crippen molar-refractivity contribution in [1.29, 1.82) is 0 Å². The van der Waals surface area contributed by atoms with Crippen LogP contribution in [-0.4, -0.2) is 22.5 Å². The van der Waals surface area contributed by atoms with E-state index in [1.807, 2.05) is 18.2 Å². The number of hydrogen-bond donors (Lipinski definition) is 2. The third kappa shape index (κ3) is 8.29. The van der Waals surface area contributed by atoms with E-state index in [-0.39, 0.29) is 11.5 Å². The third-order valence-electron chi connectivity index (χ3n) is 4.81. The molecule has 0 atom stereocenters. The van der Waals surface area contributed by atoms with Crippen LogP contribution >= 0.6 is 0 Å². The summed E-state index contributed by atoms with van der Waals surface area (Å²) in [6, 6.07) is 15.1. The Kier molecular flexibility index (Phi) is 9.47. The maximum absolute atomic E-state index is 10.1. The second-order valence-corrected chi connectivity index (χ2v) is 7.22. The van der Waals surface area contributed by atoms with Gasteiger partial charge in [-0.3, -0.25) is 4.99 Å². The second kappa shape index (κ2) is 12.2. The highest BCUT2D eigenvalue weighted by atomic mass is 16.3. The lowest BCUT2D eigenvalue weighted by Crippen LogP contribution is -2.09. The van der Waals surface area contributed by atoms with Gasteiger partial charge < -0.3 is 10.2 Å². The van der Waals surface area contributed by atoms with Gasteiger partial charge in [0.25, 0.3) is 0 Å². The van der Waals surface area contributed by atoms with Crippen molar-refractivity contribution in [3.63, 3.8) is 0 Å². The number of benzene rings is 2. The van der Waals surface area contributed by atoms with E-state index in [2.05, 4.69) is 19.1 Å². The summed E-state index contributed by atoms with van der Waals surface area (Å²) in [5, 5.41) is 19.6. The van der Waals surface area contributed by atoms with Gasteiger partial charge in [0.05, 0.1) is 0 Å². The number of phenolic OH excluding ortho intramolecular Hbond substituents is 2. The smallest absolute Gasteiger partial charge is 0.122 e. The van der Waals surface area contributed by atoms with Crippen LogP contribution in [0.5, 0.6) is 11.5 Å². The molecule has 0 heterocycles. The average molecular weight is 368 g/mol. The van der Waals surface area contributed by atoms with E-state index in [0.29, 0.717) is 6.42 Å². The molecule has 0 spiro atoms. The zero-order chi connectivity index (χ0) is 19.3. The Bertz CT molecular complexity index is 695. The Morgan fingerprint density at radius 1 is 0.815 bits per heavy atom. The van der Waals surface area contributed by atoms with Crippen LogP contribution < -0.4 is 0 Å². The highest BCUT2D eigenvalue weighted by Crippen LogP contribution is 2.23. The molecule has 0 amide bonds. The number of rotatable bonds is 12. The molecule has 0 bridgehead atoms. The van der Waals surface area contributed by atoms with Gasteiger partial charge in [-0.1, -0.05) is 81.8 Å². The van der Waals surface area contributed by atoms with Gasteiger partial charge in [-0.25, -0.2) is 0 Å². The summed E-state index contributed by atoms with van der Waals surface area (Å²) >= 11 is 0. The average Bonchev–Trinajstić information content (AvgIpc) is 2.67. The van der Waals surface area contributed by atoms with E-state index in [0.717, 1.165) is 30.7 Å². The molecule has 2 N–H and O–H groups in total. The van der Waals surface area contributed by atoms with Crippen molar-refractivity contribution in [2.75, 3.05) is 6.54 Å². The summed E-state index contributed by atoms with van der Waals surface area (Å²) in [6.07, 6.45) is 10.3. The van der Waals surface area contributed by atoms with Crippen LogP contribution in [0.3, 0.4) is 0 Å². The fraction of sp³-hybridized carbons (Fsp3) is 0.458. The van der Waals surface area contributed by atoms with Crippen LogP contribution in [0.25, 0.3) is 0 Å². The van der Waals surface area contributed by atoms with E-state index in [1.54, 1.807) is 12.1 Å². The van der Waals surface area contributed by atoms with Gasteiger partial charge in [0.2, 0.25) is 0 Å². The fourth-order valence-electron chi connectivity index (χ4n) is 3.23. The monoisotopic (exact) mass is 367 g/mol. The highest BCUT2D eigenvalue weighted by Gasteiger charge is 2.08. The number of aliphatic imine (C=N–C) groups is 1. The molecule has 0 saturated carbocycles. The quantitative estimate of drug-likeness (QED) is 0.353. The van der Waals surface area contributed by atoms with Crippen LogP contribution in [0.2, 0.25) is 0 Å². The molecular formula is C24H33NO2. The maximum Gasteiger partial charge on any atom is 0.122 e. The molecular weight excluding hydrogens is 334 g/mol. The van der Waals surface area contributed by atoms with E-state index in [4.69, 9.17) is 4.99 Å². The number of aromatic hydroxyl groups is 2. The predicted molar refractivity (Wildman–Crippen MR) is 114 cm³/mol. The van der Waals surface area contributed by atoms with Crippen LogP contribution in [-0.2, 0) is 12.8 Å². The molecule has 146 valence electrons. The summed E-state index contributed by atoms with van der Waals surface area (Å²) in [5.74, 6) is 0.215. The molecule has 0 radical (unpaired) electrons. The normalized spacial score (nSPS) is 11.7. The summed E-state index contributed by atoms with van der Waals surface area (Å²) in [6.45, 7) is 3.09. The molecule has 0 aliphatic rings. The molecule has 0 fully saturated rings. The highest BCUT2D eigenvalue weighted by molar-refractivity contribution is 5.89. The lowest BCUT2D eigenvalue weighted by Gasteiger charge is -2.10. The molecule has 0 aliphatic carbocycles. The number of hydrogen-bond acceptors (Lipinski definition) is 3. The van der Waals surface area contributed by atoms with Crippen LogP contribution in [0.1, 0.15) is 63.0 Å². The van der Waals surface area contributed by atoms with E-state index in [1.165, 1.54) is 50.2 Å². The molecule has 3 heteroatoms. The number of phenols is 2. The predicted octanol–water partition coefficient (Wildman–Crippen LogP) is 6.07. The van der Waals surface area contributed by atoms with Crippen molar-refractivity contribution in [2.45, 2.75) is 64.7 Å². The summed E-state index contributed by atoms with van der Waals surface area (Å²) in [4.78, 5) is 4.85. The zero-order valence-electron chi connectivity index (χ0n) is 16.5. The lowest BCUT2D eigenvalue weighted by molar-refractivity contribution is 0.447. The van der Waals surface area contributed by atoms with Crippen molar-refractivity contribution in [2.24, 2.45) is 4.99 Å². The van der Waals surface area contributed by atoms with Crippen molar-refractivity contribution >= 4 is 5.71 Å². The third-order valence-corrected chi connectivity index (χ3v) is 4.81.